The van der Waals surface area contributed by atoms with Gasteiger partial charge in [0.15, 0.2) is 0 Å². The number of likely N-dealkylation sites (N-methyl/N-ethyl adjacent to an activating group) is 1. The second-order valence-electron chi connectivity index (χ2n) is 5.73. The fourth-order valence-corrected chi connectivity index (χ4v) is 3.08. The number of non-ortho nitro benzene ring substituents is 1. The molecule has 6 nitrogen and oxygen atoms in total. The monoisotopic (exact) mass is 359 g/mol. The van der Waals surface area contributed by atoms with E-state index in [9.17, 15) is 14.9 Å². The topological polar surface area (TPSA) is 75.5 Å². The summed E-state index contributed by atoms with van der Waals surface area (Å²) in [5.41, 5.74) is 1.20. The van der Waals surface area contributed by atoms with E-state index in [1.807, 2.05) is 44.4 Å². The fourth-order valence-electron chi connectivity index (χ4n) is 2.35. The van der Waals surface area contributed by atoms with Crippen molar-refractivity contribution in [1.82, 2.24) is 10.2 Å². The van der Waals surface area contributed by atoms with Crippen LogP contribution in [0.1, 0.15) is 11.6 Å². The highest BCUT2D eigenvalue weighted by atomic mass is 32.2. The van der Waals surface area contributed by atoms with Gasteiger partial charge in [0.25, 0.3) is 5.69 Å². The van der Waals surface area contributed by atoms with Crippen molar-refractivity contribution in [2.45, 2.75) is 10.9 Å². The Morgan fingerprint density at radius 1 is 1.16 bits per heavy atom. The second-order valence-corrected chi connectivity index (χ2v) is 6.78. The largest absolute Gasteiger partial charge is 0.353 e. The third-order valence-electron chi connectivity index (χ3n) is 3.72. The van der Waals surface area contributed by atoms with Crippen molar-refractivity contribution in [1.29, 1.82) is 0 Å². The van der Waals surface area contributed by atoms with Gasteiger partial charge in [0.2, 0.25) is 5.91 Å². The maximum atomic E-state index is 12.1. The number of nitro groups is 1. The van der Waals surface area contributed by atoms with E-state index in [1.165, 1.54) is 23.9 Å². The Morgan fingerprint density at radius 2 is 1.80 bits per heavy atom. The molecule has 0 heterocycles. The molecule has 7 heteroatoms. The van der Waals surface area contributed by atoms with Crippen molar-refractivity contribution in [3.05, 3.63) is 70.3 Å². The summed E-state index contributed by atoms with van der Waals surface area (Å²) in [7, 11) is 3.96. The maximum absolute atomic E-state index is 12.1. The molecule has 1 atom stereocenters. The van der Waals surface area contributed by atoms with Gasteiger partial charge in [0.1, 0.15) is 0 Å². The van der Waals surface area contributed by atoms with Crippen LogP contribution in [-0.2, 0) is 4.79 Å². The van der Waals surface area contributed by atoms with Gasteiger partial charge in [-0.05, 0) is 31.8 Å². The van der Waals surface area contributed by atoms with E-state index < -0.39 is 4.92 Å². The van der Waals surface area contributed by atoms with Crippen LogP contribution in [0.4, 0.5) is 5.69 Å². The van der Waals surface area contributed by atoms with E-state index in [0.29, 0.717) is 6.54 Å². The Morgan fingerprint density at radius 3 is 2.36 bits per heavy atom. The number of carbonyl (C=O) groups excluding carboxylic acids is 1. The number of nitrogens with one attached hydrogen (secondary N) is 1. The summed E-state index contributed by atoms with van der Waals surface area (Å²) in [6, 6.07) is 16.3. The summed E-state index contributed by atoms with van der Waals surface area (Å²) in [6.07, 6.45) is 0. The SMILES string of the molecule is CN(C)C(CNC(=O)CSc1ccc([N+](=O)[O-])cc1)c1ccccc1. The third-order valence-corrected chi connectivity index (χ3v) is 4.73. The van der Waals surface area contributed by atoms with Crippen molar-refractivity contribution in [3.63, 3.8) is 0 Å². The van der Waals surface area contributed by atoms with Crippen molar-refractivity contribution in [2.75, 3.05) is 26.4 Å². The lowest BCUT2D eigenvalue weighted by Crippen LogP contribution is -2.35. The minimum Gasteiger partial charge on any atom is -0.353 e. The van der Waals surface area contributed by atoms with E-state index in [1.54, 1.807) is 12.1 Å². The van der Waals surface area contributed by atoms with Crippen LogP contribution in [0, 0.1) is 10.1 Å². The van der Waals surface area contributed by atoms with Gasteiger partial charge < -0.3 is 10.2 Å². The Kier molecular flexibility index (Phi) is 6.97. The average molecular weight is 359 g/mol. The molecule has 0 radical (unpaired) electrons. The molecule has 0 bridgehead atoms. The molecular formula is C18H21N3O3S. The molecule has 0 fully saturated rings. The normalized spacial score (nSPS) is 12.0. The number of hydrogen-bond acceptors (Lipinski definition) is 5. The highest BCUT2D eigenvalue weighted by Crippen LogP contribution is 2.21. The minimum absolute atomic E-state index is 0.0467. The molecule has 132 valence electrons. The van der Waals surface area contributed by atoms with Crippen LogP contribution in [0.25, 0.3) is 0 Å². The lowest BCUT2D eigenvalue weighted by molar-refractivity contribution is -0.384. The molecule has 0 aliphatic carbocycles. The third kappa shape index (κ3) is 5.88. The first-order chi connectivity index (χ1) is 12.0. The zero-order valence-electron chi connectivity index (χ0n) is 14.2. The molecule has 1 amide bonds. The van der Waals surface area contributed by atoms with Gasteiger partial charge in [-0.3, -0.25) is 14.9 Å². The van der Waals surface area contributed by atoms with Gasteiger partial charge in [0.05, 0.1) is 16.7 Å². The van der Waals surface area contributed by atoms with Crippen molar-refractivity contribution in [2.24, 2.45) is 0 Å². The van der Waals surface area contributed by atoms with Crippen LogP contribution in [0.5, 0.6) is 0 Å². The molecular weight excluding hydrogens is 338 g/mol. The van der Waals surface area contributed by atoms with Crippen LogP contribution in [0.3, 0.4) is 0 Å². The number of rotatable bonds is 8. The van der Waals surface area contributed by atoms with Gasteiger partial charge in [-0.15, -0.1) is 11.8 Å². The van der Waals surface area contributed by atoms with E-state index in [0.717, 1.165) is 10.5 Å². The van der Waals surface area contributed by atoms with Gasteiger partial charge in [-0.25, -0.2) is 0 Å². The molecule has 0 aliphatic heterocycles. The second kappa shape index (κ2) is 9.19. The summed E-state index contributed by atoms with van der Waals surface area (Å²) < 4.78 is 0. The predicted molar refractivity (Wildman–Crippen MR) is 99.7 cm³/mol. The van der Waals surface area contributed by atoms with E-state index >= 15 is 0 Å². The van der Waals surface area contributed by atoms with Crippen LogP contribution in [-0.4, -0.2) is 42.1 Å². The van der Waals surface area contributed by atoms with Crippen molar-refractivity contribution < 1.29 is 9.72 Å². The molecule has 2 rings (SSSR count). The van der Waals surface area contributed by atoms with Crippen LogP contribution >= 0.6 is 11.8 Å². The Balaban J connectivity index is 1.84. The average Bonchev–Trinajstić information content (AvgIpc) is 2.61. The Bertz CT molecular complexity index is 705. The van der Waals surface area contributed by atoms with Crippen LogP contribution in [0.2, 0.25) is 0 Å². The molecule has 1 unspecified atom stereocenters. The number of thioether (sulfide) groups is 1. The number of nitro benzene ring substituents is 1. The van der Waals surface area contributed by atoms with Crippen molar-refractivity contribution in [3.8, 4) is 0 Å². The lowest BCUT2D eigenvalue weighted by atomic mass is 10.1. The fraction of sp³-hybridized carbons (Fsp3) is 0.278. The first-order valence-corrected chi connectivity index (χ1v) is 8.81. The number of benzene rings is 2. The first kappa shape index (κ1) is 19.0. The highest BCUT2D eigenvalue weighted by molar-refractivity contribution is 8.00. The molecule has 0 aromatic heterocycles. The Labute approximate surface area is 151 Å². The highest BCUT2D eigenvalue weighted by Gasteiger charge is 2.15. The van der Waals surface area contributed by atoms with Crippen molar-refractivity contribution >= 4 is 23.4 Å². The standard InChI is InChI=1S/C18H21N3O3S/c1-20(2)17(14-6-4-3-5-7-14)12-19-18(22)13-25-16-10-8-15(9-11-16)21(23)24/h3-11,17H,12-13H2,1-2H3,(H,19,22). The summed E-state index contributed by atoms with van der Waals surface area (Å²) in [6.45, 7) is 0.524. The Hall–Kier alpha value is -2.38. The molecule has 0 spiro atoms. The van der Waals surface area contributed by atoms with Gasteiger partial charge in [0, 0.05) is 23.6 Å². The first-order valence-electron chi connectivity index (χ1n) is 7.82. The molecule has 2 aromatic rings. The van der Waals surface area contributed by atoms with Gasteiger partial charge >= 0.3 is 0 Å². The van der Waals surface area contributed by atoms with Crippen LogP contribution < -0.4 is 5.32 Å². The smallest absolute Gasteiger partial charge is 0.269 e. The van der Waals surface area contributed by atoms with Gasteiger partial charge in [-0.1, -0.05) is 30.3 Å². The molecule has 0 saturated carbocycles. The number of amides is 1. The van der Waals surface area contributed by atoms with E-state index in [-0.39, 0.29) is 23.4 Å². The summed E-state index contributed by atoms with van der Waals surface area (Å²) in [4.78, 5) is 25.2. The summed E-state index contributed by atoms with van der Waals surface area (Å²) in [5.74, 6) is 0.207. The quantitative estimate of drug-likeness (QED) is 0.445. The number of carbonyl (C=O) groups is 1. The van der Waals surface area contributed by atoms with Crippen LogP contribution in [0.15, 0.2) is 59.5 Å². The number of hydrogen-bond donors (Lipinski definition) is 1. The molecule has 25 heavy (non-hydrogen) atoms. The van der Waals surface area contributed by atoms with Gasteiger partial charge in [-0.2, -0.15) is 0 Å². The molecule has 0 aliphatic rings. The lowest BCUT2D eigenvalue weighted by Gasteiger charge is -2.25. The molecule has 2 aromatic carbocycles. The molecule has 1 N–H and O–H groups in total. The summed E-state index contributed by atoms with van der Waals surface area (Å²) >= 11 is 1.36. The minimum atomic E-state index is -0.438. The zero-order valence-corrected chi connectivity index (χ0v) is 15.0. The zero-order chi connectivity index (χ0) is 18.2. The maximum Gasteiger partial charge on any atom is 0.269 e. The summed E-state index contributed by atoms with van der Waals surface area (Å²) in [5, 5.41) is 13.6. The predicted octanol–water partition coefficient (Wildman–Crippen LogP) is 3.11. The molecule has 0 saturated heterocycles. The van der Waals surface area contributed by atoms with E-state index in [4.69, 9.17) is 0 Å². The van der Waals surface area contributed by atoms with E-state index in [2.05, 4.69) is 10.2 Å². The number of nitrogens with zero attached hydrogens (tertiary/aromatic N) is 2.